The van der Waals surface area contributed by atoms with Crippen molar-refractivity contribution in [3.8, 4) is 0 Å². The van der Waals surface area contributed by atoms with E-state index in [1.54, 1.807) is 9.80 Å². The van der Waals surface area contributed by atoms with E-state index in [0.717, 1.165) is 5.56 Å². The molecule has 3 N–H and O–H groups in total. The Kier molecular flexibility index (Phi) is 11.7. The summed E-state index contributed by atoms with van der Waals surface area (Å²) < 4.78 is 16.8. The first kappa shape index (κ1) is 34.0. The summed E-state index contributed by atoms with van der Waals surface area (Å²) in [6, 6.07) is 7.23. The molecule has 0 aliphatic carbocycles. The highest BCUT2D eigenvalue weighted by Gasteiger charge is 2.29. The third kappa shape index (κ3) is 13.8. The molecule has 1 aromatic carbocycles. The van der Waals surface area contributed by atoms with Gasteiger partial charge in [-0.1, -0.05) is 12.1 Å². The maximum atomic E-state index is 13.0. The van der Waals surface area contributed by atoms with Crippen LogP contribution in [0.4, 0.5) is 20.1 Å². The second-order valence-electron chi connectivity index (χ2n) is 13.5. The first-order valence-electron chi connectivity index (χ1n) is 14.3. The van der Waals surface area contributed by atoms with Crippen molar-refractivity contribution in [3.63, 3.8) is 0 Å². The van der Waals surface area contributed by atoms with Gasteiger partial charge in [-0.2, -0.15) is 0 Å². The minimum Gasteiger partial charge on any atom is -0.444 e. The number of nitrogens with zero attached hydrogens (tertiary/aromatic N) is 3. The zero-order valence-electron chi connectivity index (χ0n) is 26.4. The van der Waals surface area contributed by atoms with E-state index in [4.69, 9.17) is 19.9 Å². The number of hydrogen-bond donors (Lipinski definition) is 2. The lowest BCUT2D eigenvalue weighted by Gasteiger charge is -2.31. The van der Waals surface area contributed by atoms with E-state index in [1.807, 2.05) is 86.6 Å². The molecule has 1 aliphatic heterocycles. The van der Waals surface area contributed by atoms with Crippen LogP contribution < -0.4 is 11.1 Å². The zero-order valence-corrected chi connectivity index (χ0v) is 26.4. The smallest absolute Gasteiger partial charge is 0.410 e. The van der Waals surface area contributed by atoms with Crippen LogP contribution in [0.5, 0.6) is 0 Å². The number of carbonyl (C=O) groups is 3. The highest BCUT2D eigenvalue weighted by molar-refractivity contribution is 5.70. The minimum atomic E-state index is -0.651. The van der Waals surface area contributed by atoms with Crippen molar-refractivity contribution in [2.75, 3.05) is 51.5 Å². The van der Waals surface area contributed by atoms with E-state index in [2.05, 4.69) is 10.2 Å². The van der Waals surface area contributed by atoms with Gasteiger partial charge in [0, 0.05) is 57.5 Å². The largest absolute Gasteiger partial charge is 0.444 e. The molecule has 11 heteroatoms. The molecule has 2 rings (SSSR count). The molecule has 0 spiro atoms. The van der Waals surface area contributed by atoms with Crippen molar-refractivity contribution in [2.24, 2.45) is 0 Å². The monoisotopic (exact) mass is 577 g/mol. The van der Waals surface area contributed by atoms with Gasteiger partial charge >= 0.3 is 18.3 Å². The number of anilines is 1. The Morgan fingerprint density at radius 3 is 1.56 bits per heavy atom. The maximum absolute atomic E-state index is 13.0. The molecule has 0 bridgehead atoms. The van der Waals surface area contributed by atoms with Crippen LogP contribution in [0.3, 0.4) is 0 Å². The van der Waals surface area contributed by atoms with Crippen molar-refractivity contribution in [3.05, 3.63) is 29.8 Å². The van der Waals surface area contributed by atoms with Crippen molar-refractivity contribution in [1.29, 1.82) is 0 Å². The Labute approximate surface area is 245 Å². The van der Waals surface area contributed by atoms with Gasteiger partial charge in [-0.25, -0.2) is 14.4 Å². The predicted molar refractivity (Wildman–Crippen MR) is 160 cm³/mol. The maximum Gasteiger partial charge on any atom is 0.410 e. The molecule has 0 saturated carbocycles. The summed E-state index contributed by atoms with van der Waals surface area (Å²) in [4.78, 5) is 44.2. The minimum absolute atomic E-state index is 0.306. The zero-order chi connectivity index (χ0) is 31.0. The second kappa shape index (κ2) is 14.1. The molecule has 1 aliphatic rings. The molecular weight excluding hydrogens is 526 g/mol. The molecule has 0 aromatic heterocycles. The summed E-state index contributed by atoms with van der Waals surface area (Å²) in [6.45, 7) is 19.3. The fourth-order valence-electron chi connectivity index (χ4n) is 4.19. The fourth-order valence-corrected chi connectivity index (χ4v) is 4.19. The van der Waals surface area contributed by atoms with Gasteiger partial charge < -0.3 is 35.1 Å². The lowest BCUT2D eigenvalue weighted by molar-refractivity contribution is 0.0154. The van der Waals surface area contributed by atoms with Gasteiger partial charge in [-0.3, -0.25) is 4.90 Å². The third-order valence-electron chi connectivity index (χ3n) is 5.98. The van der Waals surface area contributed by atoms with Gasteiger partial charge in [-0.05, 0) is 86.4 Å². The van der Waals surface area contributed by atoms with Gasteiger partial charge in [0.15, 0.2) is 0 Å². The van der Waals surface area contributed by atoms with Crippen molar-refractivity contribution < 1.29 is 28.6 Å². The molecule has 41 heavy (non-hydrogen) atoms. The van der Waals surface area contributed by atoms with Crippen LogP contribution in [0, 0.1) is 0 Å². The quantitative estimate of drug-likeness (QED) is 0.387. The van der Waals surface area contributed by atoms with E-state index in [0.29, 0.717) is 57.9 Å². The van der Waals surface area contributed by atoms with E-state index >= 15 is 0 Å². The summed E-state index contributed by atoms with van der Waals surface area (Å²) in [6.07, 6.45) is -0.836. The summed E-state index contributed by atoms with van der Waals surface area (Å²) in [5, 5.41) is 3.02. The summed E-state index contributed by atoms with van der Waals surface area (Å²) in [5.41, 5.74) is 5.60. The van der Waals surface area contributed by atoms with Crippen LogP contribution in [-0.2, 0) is 20.6 Å². The van der Waals surface area contributed by atoms with E-state index in [-0.39, 0.29) is 6.04 Å². The van der Waals surface area contributed by atoms with Crippen LogP contribution in [0.2, 0.25) is 0 Å². The lowest BCUT2D eigenvalue weighted by atomic mass is 10.0. The van der Waals surface area contributed by atoms with Gasteiger partial charge in [0.1, 0.15) is 16.8 Å². The summed E-state index contributed by atoms with van der Waals surface area (Å²) in [7, 11) is 0. The summed E-state index contributed by atoms with van der Waals surface area (Å²) >= 11 is 0. The molecule has 1 aromatic rings. The molecule has 1 saturated heterocycles. The standard InChI is InChI=1S/C30H51N5O6/c1-28(2,3)39-25(36)32-24(20-22-10-12-23(31)13-11-22)21-33-14-16-34(26(37)40-29(4,5)6)18-19-35(17-15-33)27(38)41-30(7,8)9/h10-13,24H,14-21,31H2,1-9H3,(H,32,36). The highest BCUT2D eigenvalue weighted by atomic mass is 16.6. The Hall–Kier alpha value is -3.21. The number of benzene rings is 1. The van der Waals surface area contributed by atoms with Gasteiger partial charge in [0.25, 0.3) is 0 Å². The molecule has 11 nitrogen and oxygen atoms in total. The average Bonchev–Trinajstić information content (AvgIpc) is 2.88. The number of ether oxygens (including phenoxy) is 3. The molecule has 1 atom stereocenters. The highest BCUT2D eigenvalue weighted by Crippen LogP contribution is 2.15. The Morgan fingerprint density at radius 1 is 0.732 bits per heavy atom. The number of carbonyl (C=O) groups excluding carboxylic acids is 3. The Balaban J connectivity index is 2.28. The first-order chi connectivity index (χ1) is 18.8. The second-order valence-corrected chi connectivity index (χ2v) is 13.5. The predicted octanol–water partition coefficient (Wildman–Crippen LogP) is 4.49. The van der Waals surface area contributed by atoms with Crippen LogP contribution in [0.25, 0.3) is 0 Å². The summed E-state index contributed by atoms with van der Waals surface area (Å²) in [5.74, 6) is 0. The van der Waals surface area contributed by atoms with Gasteiger partial charge in [0.2, 0.25) is 0 Å². The number of alkyl carbamates (subject to hydrolysis) is 1. The normalized spacial score (nSPS) is 16.6. The molecule has 3 amide bonds. The molecule has 0 radical (unpaired) electrons. The number of nitrogens with one attached hydrogen (secondary N) is 1. The lowest BCUT2D eigenvalue weighted by Crippen LogP contribution is -2.49. The fraction of sp³-hybridized carbons (Fsp3) is 0.700. The number of nitrogen functional groups attached to an aromatic ring is 1. The topological polar surface area (TPSA) is 127 Å². The molecular formula is C30H51N5O6. The van der Waals surface area contributed by atoms with Gasteiger partial charge in [-0.15, -0.1) is 0 Å². The molecule has 1 heterocycles. The van der Waals surface area contributed by atoms with Crippen LogP contribution in [0.15, 0.2) is 24.3 Å². The molecule has 1 fully saturated rings. The number of rotatable bonds is 5. The van der Waals surface area contributed by atoms with Crippen molar-refractivity contribution in [2.45, 2.75) is 91.6 Å². The number of hydrogen-bond acceptors (Lipinski definition) is 8. The number of amides is 3. The number of nitrogens with two attached hydrogens (primary N) is 1. The van der Waals surface area contributed by atoms with Gasteiger partial charge in [0.05, 0.1) is 0 Å². The van der Waals surface area contributed by atoms with Crippen LogP contribution in [0.1, 0.15) is 67.9 Å². The molecule has 232 valence electrons. The van der Waals surface area contributed by atoms with E-state index in [1.165, 1.54) is 0 Å². The average molecular weight is 578 g/mol. The SMILES string of the molecule is CC(C)(C)OC(=O)NC(Cc1ccc(N)cc1)CN1CCN(C(=O)OC(C)(C)C)CCN(C(=O)OC(C)(C)C)CC1. The van der Waals surface area contributed by atoms with Crippen molar-refractivity contribution >= 4 is 24.0 Å². The molecule has 1 unspecified atom stereocenters. The van der Waals surface area contributed by atoms with E-state index in [9.17, 15) is 14.4 Å². The Bertz CT molecular complexity index is 970. The third-order valence-corrected chi connectivity index (χ3v) is 5.98. The van der Waals surface area contributed by atoms with Crippen molar-refractivity contribution in [1.82, 2.24) is 20.0 Å². The first-order valence-corrected chi connectivity index (χ1v) is 14.3. The van der Waals surface area contributed by atoms with Crippen LogP contribution >= 0.6 is 0 Å². The Morgan fingerprint density at radius 2 is 1.15 bits per heavy atom. The van der Waals surface area contributed by atoms with Crippen LogP contribution in [-0.4, -0.2) is 102 Å². The van der Waals surface area contributed by atoms with E-state index < -0.39 is 35.1 Å².